The topological polar surface area (TPSA) is 78.6 Å². The molecular formula is C15H23N3O2. The second-order valence-electron chi connectivity index (χ2n) is 5.93. The standard InChI is InChI=1S/C15H23N3O2/c1-11(14(19)17-16)13-5-3-12(4-6-13)9-18-8-7-15(2,20)10-18/h3-6,11,20H,7-10,16H2,1-2H3,(H,17,19). The van der Waals surface area contributed by atoms with Crippen LogP contribution in [0, 0.1) is 0 Å². The number of β-amino-alcohol motifs (C(OH)–C–C–N with tert-alkyl or cyclic N) is 1. The predicted octanol–water partition coefficient (Wildman–Crippen LogP) is 0.737. The molecule has 1 aliphatic rings. The van der Waals surface area contributed by atoms with Crippen molar-refractivity contribution in [1.29, 1.82) is 0 Å². The Bertz CT molecular complexity index is 471. The first-order valence-corrected chi connectivity index (χ1v) is 6.95. The fourth-order valence-corrected chi connectivity index (χ4v) is 2.62. The first-order valence-electron chi connectivity index (χ1n) is 6.95. The van der Waals surface area contributed by atoms with Gasteiger partial charge in [0.25, 0.3) is 0 Å². The summed E-state index contributed by atoms with van der Waals surface area (Å²) in [6, 6.07) is 7.98. The van der Waals surface area contributed by atoms with E-state index in [0.29, 0.717) is 6.54 Å². The van der Waals surface area contributed by atoms with Gasteiger partial charge in [-0.2, -0.15) is 0 Å². The van der Waals surface area contributed by atoms with Crippen molar-refractivity contribution in [3.63, 3.8) is 0 Å². The van der Waals surface area contributed by atoms with E-state index >= 15 is 0 Å². The van der Waals surface area contributed by atoms with E-state index in [1.165, 1.54) is 5.56 Å². The average Bonchev–Trinajstić information content (AvgIpc) is 2.77. The maximum atomic E-state index is 11.5. The minimum Gasteiger partial charge on any atom is -0.389 e. The number of rotatable bonds is 4. The van der Waals surface area contributed by atoms with Gasteiger partial charge in [-0.25, -0.2) is 5.84 Å². The summed E-state index contributed by atoms with van der Waals surface area (Å²) < 4.78 is 0. The number of nitrogens with two attached hydrogens (primary N) is 1. The predicted molar refractivity (Wildman–Crippen MR) is 77.7 cm³/mol. The Morgan fingerprint density at radius 3 is 2.65 bits per heavy atom. The van der Waals surface area contributed by atoms with E-state index in [1.807, 2.05) is 38.1 Å². The largest absolute Gasteiger partial charge is 0.389 e. The number of hydrogen-bond donors (Lipinski definition) is 3. The number of hydrogen-bond acceptors (Lipinski definition) is 4. The molecule has 1 aliphatic heterocycles. The molecule has 1 aromatic rings. The number of hydrazine groups is 1. The number of likely N-dealkylation sites (tertiary alicyclic amines) is 1. The summed E-state index contributed by atoms with van der Waals surface area (Å²) in [7, 11) is 0. The van der Waals surface area contributed by atoms with Crippen molar-refractivity contribution in [1.82, 2.24) is 10.3 Å². The third-order valence-electron chi connectivity index (χ3n) is 3.95. The van der Waals surface area contributed by atoms with Crippen LogP contribution >= 0.6 is 0 Å². The van der Waals surface area contributed by atoms with E-state index in [2.05, 4.69) is 10.3 Å². The Morgan fingerprint density at radius 1 is 1.50 bits per heavy atom. The Kier molecular flexibility index (Phi) is 4.42. The van der Waals surface area contributed by atoms with E-state index in [0.717, 1.165) is 25.1 Å². The molecule has 0 radical (unpaired) electrons. The average molecular weight is 277 g/mol. The lowest BCUT2D eigenvalue weighted by atomic mass is 9.99. The number of carbonyl (C=O) groups is 1. The lowest BCUT2D eigenvalue weighted by Gasteiger charge is -2.19. The van der Waals surface area contributed by atoms with Crippen LogP contribution in [-0.4, -0.2) is 34.6 Å². The van der Waals surface area contributed by atoms with Gasteiger partial charge in [0.1, 0.15) is 0 Å². The van der Waals surface area contributed by atoms with E-state index in [9.17, 15) is 9.90 Å². The van der Waals surface area contributed by atoms with Crippen molar-refractivity contribution in [2.45, 2.75) is 38.3 Å². The zero-order valence-electron chi connectivity index (χ0n) is 12.1. The molecule has 0 aliphatic carbocycles. The Balaban J connectivity index is 1.97. The Labute approximate surface area is 119 Å². The lowest BCUT2D eigenvalue weighted by Crippen LogP contribution is -2.33. The maximum Gasteiger partial charge on any atom is 0.241 e. The molecular weight excluding hydrogens is 254 g/mol. The molecule has 1 saturated heterocycles. The SMILES string of the molecule is CC(C(=O)NN)c1ccc(CN2CCC(C)(O)C2)cc1. The van der Waals surface area contributed by atoms with Crippen molar-refractivity contribution in [2.75, 3.05) is 13.1 Å². The molecule has 1 fully saturated rings. The van der Waals surface area contributed by atoms with Crippen LogP contribution in [0.4, 0.5) is 0 Å². The number of amides is 1. The first-order chi connectivity index (χ1) is 9.41. The molecule has 4 N–H and O–H groups in total. The number of nitrogens with zero attached hydrogens (tertiary/aromatic N) is 1. The summed E-state index contributed by atoms with van der Waals surface area (Å²) in [6.45, 7) is 6.16. The molecule has 2 unspecified atom stereocenters. The summed E-state index contributed by atoms with van der Waals surface area (Å²) in [5.74, 6) is 4.71. The van der Waals surface area contributed by atoms with Crippen LogP contribution in [0.1, 0.15) is 37.3 Å². The van der Waals surface area contributed by atoms with E-state index in [-0.39, 0.29) is 11.8 Å². The lowest BCUT2D eigenvalue weighted by molar-refractivity contribution is -0.122. The monoisotopic (exact) mass is 277 g/mol. The third kappa shape index (κ3) is 3.56. The highest BCUT2D eigenvalue weighted by atomic mass is 16.3. The Morgan fingerprint density at radius 2 is 2.15 bits per heavy atom. The number of carbonyl (C=O) groups excluding carboxylic acids is 1. The molecule has 2 rings (SSSR count). The van der Waals surface area contributed by atoms with Gasteiger partial charge in [0.2, 0.25) is 5.91 Å². The van der Waals surface area contributed by atoms with Crippen molar-refractivity contribution >= 4 is 5.91 Å². The second kappa shape index (κ2) is 5.91. The molecule has 2 atom stereocenters. The highest BCUT2D eigenvalue weighted by Crippen LogP contribution is 2.23. The Hall–Kier alpha value is -1.43. The zero-order valence-corrected chi connectivity index (χ0v) is 12.1. The third-order valence-corrected chi connectivity index (χ3v) is 3.95. The summed E-state index contributed by atoms with van der Waals surface area (Å²) in [6.07, 6.45) is 0.818. The number of nitrogens with one attached hydrogen (secondary N) is 1. The summed E-state index contributed by atoms with van der Waals surface area (Å²) >= 11 is 0. The van der Waals surface area contributed by atoms with E-state index < -0.39 is 5.60 Å². The molecule has 1 amide bonds. The van der Waals surface area contributed by atoms with Gasteiger partial charge in [-0.1, -0.05) is 24.3 Å². The van der Waals surface area contributed by atoms with Crippen molar-refractivity contribution in [3.8, 4) is 0 Å². The fraction of sp³-hybridized carbons (Fsp3) is 0.533. The smallest absolute Gasteiger partial charge is 0.241 e. The number of benzene rings is 1. The minimum atomic E-state index is -0.562. The molecule has 0 saturated carbocycles. The summed E-state index contributed by atoms with van der Waals surface area (Å²) in [4.78, 5) is 13.7. The highest BCUT2D eigenvalue weighted by molar-refractivity contribution is 5.82. The zero-order chi connectivity index (χ0) is 14.8. The first kappa shape index (κ1) is 15.0. The van der Waals surface area contributed by atoms with Gasteiger partial charge in [0.05, 0.1) is 11.5 Å². The van der Waals surface area contributed by atoms with Gasteiger partial charge in [0, 0.05) is 19.6 Å². The van der Waals surface area contributed by atoms with Crippen LogP contribution < -0.4 is 11.3 Å². The molecule has 5 heteroatoms. The maximum absolute atomic E-state index is 11.5. The van der Waals surface area contributed by atoms with Gasteiger partial charge in [-0.3, -0.25) is 15.1 Å². The molecule has 110 valence electrons. The summed E-state index contributed by atoms with van der Waals surface area (Å²) in [5, 5.41) is 9.95. The van der Waals surface area contributed by atoms with Gasteiger partial charge in [-0.15, -0.1) is 0 Å². The van der Waals surface area contributed by atoms with Crippen LogP contribution in [0.25, 0.3) is 0 Å². The van der Waals surface area contributed by atoms with Crippen molar-refractivity contribution < 1.29 is 9.90 Å². The van der Waals surface area contributed by atoms with E-state index in [4.69, 9.17) is 5.84 Å². The van der Waals surface area contributed by atoms with Crippen LogP contribution in [0.5, 0.6) is 0 Å². The number of aliphatic hydroxyl groups is 1. The van der Waals surface area contributed by atoms with E-state index in [1.54, 1.807) is 0 Å². The molecule has 0 aromatic heterocycles. The van der Waals surface area contributed by atoms with Crippen LogP contribution in [-0.2, 0) is 11.3 Å². The normalized spacial score (nSPS) is 24.6. The molecule has 20 heavy (non-hydrogen) atoms. The molecule has 1 aromatic carbocycles. The molecule has 0 spiro atoms. The van der Waals surface area contributed by atoms with Crippen molar-refractivity contribution in [2.24, 2.45) is 5.84 Å². The van der Waals surface area contributed by atoms with Crippen LogP contribution in [0.15, 0.2) is 24.3 Å². The van der Waals surface area contributed by atoms with Crippen LogP contribution in [0.2, 0.25) is 0 Å². The molecule has 1 heterocycles. The second-order valence-corrected chi connectivity index (χ2v) is 5.93. The van der Waals surface area contributed by atoms with Crippen LogP contribution in [0.3, 0.4) is 0 Å². The van der Waals surface area contributed by atoms with Gasteiger partial charge < -0.3 is 5.11 Å². The quantitative estimate of drug-likeness (QED) is 0.431. The highest BCUT2D eigenvalue weighted by Gasteiger charge is 2.30. The molecule has 0 bridgehead atoms. The van der Waals surface area contributed by atoms with Gasteiger partial charge in [0.15, 0.2) is 0 Å². The van der Waals surface area contributed by atoms with Crippen molar-refractivity contribution in [3.05, 3.63) is 35.4 Å². The van der Waals surface area contributed by atoms with Gasteiger partial charge in [-0.05, 0) is 31.4 Å². The molecule has 5 nitrogen and oxygen atoms in total. The van der Waals surface area contributed by atoms with Gasteiger partial charge >= 0.3 is 0 Å². The fourth-order valence-electron chi connectivity index (χ4n) is 2.62. The minimum absolute atomic E-state index is 0.187. The summed E-state index contributed by atoms with van der Waals surface area (Å²) in [5.41, 5.74) is 3.74.